The van der Waals surface area contributed by atoms with Crippen LogP contribution in [0.3, 0.4) is 0 Å². The molecule has 3 fully saturated rings. The molecule has 3 aliphatic rings. The molecule has 0 spiro atoms. The lowest BCUT2D eigenvalue weighted by Gasteiger charge is -2.45. The molecule has 0 aromatic heterocycles. The van der Waals surface area contributed by atoms with Crippen molar-refractivity contribution in [2.45, 2.75) is 72.3 Å². The van der Waals surface area contributed by atoms with Crippen LogP contribution in [0, 0.1) is 34.5 Å². The molecule has 3 rings (SSSR count). The van der Waals surface area contributed by atoms with Crippen molar-refractivity contribution < 1.29 is 5.11 Å². The molecule has 0 radical (unpaired) electrons. The highest BCUT2D eigenvalue weighted by atomic mass is 16.3. The van der Waals surface area contributed by atoms with Gasteiger partial charge in [0, 0.05) is 0 Å². The first-order valence-corrected chi connectivity index (χ1v) is 8.04. The number of aliphatic hydroxyl groups is 1. The third-order valence-corrected chi connectivity index (χ3v) is 7.60. The average molecular weight is 250 g/mol. The molecular weight excluding hydrogens is 220 g/mol. The first-order valence-electron chi connectivity index (χ1n) is 8.04. The molecule has 1 nitrogen and oxygen atoms in total. The number of hydrogen-bond donors (Lipinski definition) is 1. The van der Waals surface area contributed by atoms with Crippen LogP contribution in [0.25, 0.3) is 0 Å². The fourth-order valence-corrected chi connectivity index (χ4v) is 5.77. The number of rotatable bonds is 1. The zero-order valence-corrected chi connectivity index (χ0v) is 12.6. The Morgan fingerprint density at radius 3 is 2.22 bits per heavy atom. The van der Waals surface area contributed by atoms with Crippen LogP contribution in [-0.4, -0.2) is 11.2 Å². The highest BCUT2D eigenvalue weighted by Gasteiger charge is 2.62. The molecule has 2 bridgehead atoms. The molecule has 0 saturated heterocycles. The zero-order chi connectivity index (χ0) is 13.1. The van der Waals surface area contributed by atoms with Crippen molar-refractivity contribution in [1.29, 1.82) is 0 Å². The van der Waals surface area contributed by atoms with Gasteiger partial charge >= 0.3 is 0 Å². The van der Waals surface area contributed by atoms with Crippen molar-refractivity contribution in [2.24, 2.45) is 34.5 Å². The minimum absolute atomic E-state index is 0.0272. The third kappa shape index (κ3) is 1.55. The van der Waals surface area contributed by atoms with Crippen molar-refractivity contribution in [2.75, 3.05) is 0 Å². The van der Waals surface area contributed by atoms with Crippen molar-refractivity contribution in [1.82, 2.24) is 0 Å². The largest absolute Gasteiger partial charge is 0.393 e. The van der Waals surface area contributed by atoms with E-state index in [0.29, 0.717) is 16.7 Å². The Morgan fingerprint density at radius 2 is 1.72 bits per heavy atom. The Kier molecular flexibility index (Phi) is 2.86. The van der Waals surface area contributed by atoms with E-state index in [0.717, 1.165) is 24.2 Å². The van der Waals surface area contributed by atoms with Gasteiger partial charge < -0.3 is 5.11 Å². The zero-order valence-electron chi connectivity index (χ0n) is 12.6. The van der Waals surface area contributed by atoms with E-state index >= 15 is 0 Å². The molecular formula is C17H30O. The van der Waals surface area contributed by atoms with Crippen molar-refractivity contribution >= 4 is 0 Å². The Hall–Kier alpha value is -0.0400. The van der Waals surface area contributed by atoms with E-state index in [1.54, 1.807) is 0 Å². The van der Waals surface area contributed by atoms with Crippen LogP contribution in [0.5, 0.6) is 0 Å². The van der Waals surface area contributed by atoms with Gasteiger partial charge in [-0.15, -0.1) is 0 Å². The summed E-state index contributed by atoms with van der Waals surface area (Å²) in [6.45, 7) is 9.86. The van der Waals surface area contributed by atoms with E-state index in [2.05, 4.69) is 27.7 Å². The highest BCUT2D eigenvalue weighted by molar-refractivity contribution is 5.11. The van der Waals surface area contributed by atoms with E-state index < -0.39 is 0 Å². The maximum absolute atomic E-state index is 9.94. The van der Waals surface area contributed by atoms with Crippen LogP contribution in [0.1, 0.15) is 66.2 Å². The summed E-state index contributed by atoms with van der Waals surface area (Å²) in [4.78, 5) is 0. The lowest BCUT2D eigenvalue weighted by atomic mass is 9.60. The van der Waals surface area contributed by atoms with Gasteiger partial charge in [-0.1, -0.05) is 27.7 Å². The van der Waals surface area contributed by atoms with Gasteiger partial charge in [-0.3, -0.25) is 0 Å². The van der Waals surface area contributed by atoms with Gasteiger partial charge in [-0.05, 0) is 73.0 Å². The minimum Gasteiger partial charge on any atom is -0.393 e. The van der Waals surface area contributed by atoms with Crippen LogP contribution in [0.15, 0.2) is 0 Å². The second-order valence-electron chi connectivity index (χ2n) is 8.33. The second-order valence-corrected chi connectivity index (χ2v) is 8.33. The monoisotopic (exact) mass is 250 g/mol. The summed E-state index contributed by atoms with van der Waals surface area (Å²) in [6, 6.07) is 0. The molecule has 3 saturated carbocycles. The second kappa shape index (κ2) is 3.98. The third-order valence-electron chi connectivity index (χ3n) is 7.60. The molecule has 0 aromatic rings. The van der Waals surface area contributed by atoms with E-state index in [-0.39, 0.29) is 6.10 Å². The molecule has 0 aliphatic heterocycles. The van der Waals surface area contributed by atoms with Gasteiger partial charge in [0.1, 0.15) is 0 Å². The molecule has 6 atom stereocenters. The van der Waals surface area contributed by atoms with Crippen LogP contribution < -0.4 is 0 Å². The van der Waals surface area contributed by atoms with Gasteiger partial charge in [0.15, 0.2) is 0 Å². The molecule has 3 aliphatic carbocycles. The van der Waals surface area contributed by atoms with Crippen molar-refractivity contribution in [3.8, 4) is 0 Å². The summed E-state index contributed by atoms with van der Waals surface area (Å²) in [6.07, 6.45) is 7.94. The van der Waals surface area contributed by atoms with Crippen LogP contribution in [0.4, 0.5) is 0 Å². The topological polar surface area (TPSA) is 20.2 Å². The molecule has 1 N–H and O–H groups in total. The molecule has 104 valence electrons. The first kappa shape index (κ1) is 13.0. The first-order chi connectivity index (χ1) is 8.36. The summed E-state index contributed by atoms with van der Waals surface area (Å²) >= 11 is 0. The van der Waals surface area contributed by atoms with Crippen LogP contribution >= 0.6 is 0 Å². The summed E-state index contributed by atoms with van der Waals surface area (Å²) in [5.41, 5.74) is 1.13. The minimum atomic E-state index is -0.0272. The van der Waals surface area contributed by atoms with Crippen LogP contribution in [0.2, 0.25) is 0 Å². The van der Waals surface area contributed by atoms with Crippen molar-refractivity contribution in [3.63, 3.8) is 0 Å². The van der Waals surface area contributed by atoms with Crippen molar-refractivity contribution in [3.05, 3.63) is 0 Å². The van der Waals surface area contributed by atoms with Gasteiger partial charge in [-0.2, -0.15) is 0 Å². The lowest BCUT2D eigenvalue weighted by Crippen LogP contribution is -2.39. The summed E-state index contributed by atoms with van der Waals surface area (Å²) in [5, 5.41) is 9.94. The highest BCUT2D eigenvalue weighted by Crippen LogP contribution is 2.70. The lowest BCUT2D eigenvalue weighted by molar-refractivity contribution is 0.000634. The summed E-state index contributed by atoms with van der Waals surface area (Å²) < 4.78 is 0. The number of aliphatic hydroxyl groups excluding tert-OH is 1. The van der Waals surface area contributed by atoms with Gasteiger partial charge in [0.2, 0.25) is 0 Å². The smallest absolute Gasteiger partial charge is 0.0566 e. The standard InChI is InChI=1S/C17H30O/c1-11-9-12(5-6-15(11)18)14-10-13-7-8-17(14,4)16(13,2)3/h11-15,18H,5-10H2,1-4H3/t11?,12?,13-,14+,15?,17+/m0/s1. The maximum Gasteiger partial charge on any atom is 0.0566 e. The molecule has 1 heteroatoms. The fraction of sp³-hybridized carbons (Fsp3) is 1.00. The molecule has 18 heavy (non-hydrogen) atoms. The molecule has 0 aromatic carbocycles. The van der Waals surface area contributed by atoms with Gasteiger partial charge in [0.05, 0.1) is 6.10 Å². The Morgan fingerprint density at radius 1 is 1.00 bits per heavy atom. The summed E-state index contributed by atoms with van der Waals surface area (Å²) in [5.74, 6) is 3.31. The fourth-order valence-electron chi connectivity index (χ4n) is 5.77. The van der Waals surface area contributed by atoms with Gasteiger partial charge in [-0.25, -0.2) is 0 Å². The summed E-state index contributed by atoms with van der Waals surface area (Å²) in [7, 11) is 0. The molecule has 3 unspecified atom stereocenters. The van der Waals surface area contributed by atoms with E-state index in [1.807, 2.05) is 0 Å². The molecule has 0 heterocycles. The molecule has 0 amide bonds. The van der Waals surface area contributed by atoms with E-state index in [1.165, 1.54) is 32.1 Å². The predicted octanol–water partition coefficient (Wildman–Crippen LogP) is 4.25. The Labute approximate surface area is 112 Å². The van der Waals surface area contributed by atoms with Gasteiger partial charge in [0.25, 0.3) is 0 Å². The average Bonchev–Trinajstić information content (AvgIpc) is 2.65. The predicted molar refractivity (Wildman–Crippen MR) is 75.2 cm³/mol. The Bertz CT molecular complexity index is 335. The van der Waals surface area contributed by atoms with Crippen LogP contribution in [-0.2, 0) is 0 Å². The van der Waals surface area contributed by atoms with E-state index in [4.69, 9.17) is 0 Å². The normalized spacial score (nSPS) is 54.8. The Balaban J connectivity index is 1.79. The number of hydrogen-bond acceptors (Lipinski definition) is 1. The maximum atomic E-state index is 9.94. The van der Waals surface area contributed by atoms with E-state index in [9.17, 15) is 5.11 Å². The quantitative estimate of drug-likeness (QED) is 0.738. The number of fused-ring (bicyclic) bond motifs is 2. The SMILES string of the molecule is CC1CC([C@H]2C[C@@H]3CC[C@@]2(C)C3(C)C)CCC1O.